The van der Waals surface area contributed by atoms with E-state index in [-0.39, 0.29) is 29.3 Å². The van der Waals surface area contributed by atoms with Gasteiger partial charge in [-0.1, -0.05) is 54.6 Å². The van der Waals surface area contributed by atoms with Crippen LogP contribution in [0.25, 0.3) is 0 Å². The molecule has 36 heavy (non-hydrogen) atoms. The van der Waals surface area contributed by atoms with Crippen LogP contribution < -0.4 is 4.90 Å². The minimum atomic E-state index is -1.25. The minimum absolute atomic E-state index is 0.159. The number of amides is 2. The van der Waals surface area contributed by atoms with E-state index >= 15 is 0 Å². The molecule has 0 unspecified atom stereocenters. The van der Waals surface area contributed by atoms with E-state index in [1.54, 1.807) is 32.0 Å². The summed E-state index contributed by atoms with van der Waals surface area (Å²) in [7, 11) is 0. The highest BCUT2D eigenvalue weighted by Gasteiger charge is 2.70. The highest BCUT2D eigenvalue weighted by atomic mass is 16.5. The molecule has 180 valence electrons. The Labute approximate surface area is 208 Å². The highest BCUT2D eigenvalue weighted by molar-refractivity contribution is 6.25. The van der Waals surface area contributed by atoms with Crippen LogP contribution in [0.4, 0.5) is 5.69 Å². The van der Waals surface area contributed by atoms with Crippen molar-refractivity contribution in [2.24, 2.45) is 11.8 Å². The number of ether oxygens (including phenoxy) is 1. The van der Waals surface area contributed by atoms with Crippen molar-refractivity contribution in [3.63, 3.8) is 0 Å². The molecule has 0 aromatic heterocycles. The molecule has 7 rings (SSSR count). The third-order valence-electron chi connectivity index (χ3n) is 7.86. The molecule has 2 amide bonds. The number of rotatable bonds is 4. The zero-order valence-electron chi connectivity index (χ0n) is 20.2. The highest BCUT2D eigenvalue weighted by Crippen LogP contribution is 2.64. The minimum Gasteiger partial charge on any atom is -0.459 e. The van der Waals surface area contributed by atoms with Crippen molar-refractivity contribution in [3.05, 3.63) is 101 Å². The number of Topliss-reactive ketones (excluding diaryl/α,β-unsaturated/α-hetero) is 1. The van der Waals surface area contributed by atoms with E-state index in [0.717, 1.165) is 22.3 Å². The number of carbonyl (C=O) groups is 4. The first-order valence-electron chi connectivity index (χ1n) is 12.2. The topological polar surface area (TPSA) is 80.8 Å². The van der Waals surface area contributed by atoms with Gasteiger partial charge in [0.05, 0.1) is 34.6 Å². The van der Waals surface area contributed by atoms with Crippen molar-refractivity contribution in [2.75, 3.05) is 4.90 Å². The molecule has 1 heterocycles. The third kappa shape index (κ3) is 2.72. The Balaban J connectivity index is 1.55. The summed E-state index contributed by atoms with van der Waals surface area (Å²) in [5.41, 5.74) is 2.77. The number of anilines is 1. The molecule has 0 saturated carbocycles. The molecule has 1 aliphatic heterocycles. The van der Waals surface area contributed by atoms with Crippen LogP contribution in [0.15, 0.2) is 72.8 Å². The molecule has 6 nitrogen and oxygen atoms in total. The van der Waals surface area contributed by atoms with Gasteiger partial charge in [0.25, 0.3) is 0 Å². The van der Waals surface area contributed by atoms with Gasteiger partial charge in [0.2, 0.25) is 11.8 Å². The Kier molecular flexibility index (Phi) is 4.80. The van der Waals surface area contributed by atoms with Crippen LogP contribution in [0.1, 0.15) is 59.3 Å². The van der Waals surface area contributed by atoms with Gasteiger partial charge in [-0.15, -0.1) is 0 Å². The van der Waals surface area contributed by atoms with E-state index in [1.165, 1.54) is 17.9 Å². The van der Waals surface area contributed by atoms with Crippen molar-refractivity contribution >= 4 is 29.3 Å². The summed E-state index contributed by atoms with van der Waals surface area (Å²) in [5, 5.41) is 0. The van der Waals surface area contributed by atoms with Gasteiger partial charge in [0.1, 0.15) is 5.78 Å². The van der Waals surface area contributed by atoms with Crippen LogP contribution in [0.5, 0.6) is 0 Å². The van der Waals surface area contributed by atoms with Crippen molar-refractivity contribution < 1.29 is 23.9 Å². The second kappa shape index (κ2) is 7.72. The lowest BCUT2D eigenvalue weighted by molar-refractivity contribution is -0.132. The lowest BCUT2D eigenvalue weighted by atomic mass is 9.46. The molecule has 1 fully saturated rings. The number of carbonyl (C=O) groups excluding carboxylic acids is 4. The Hall–Kier alpha value is -4.06. The molecule has 2 atom stereocenters. The van der Waals surface area contributed by atoms with E-state index in [0.29, 0.717) is 5.69 Å². The molecule has 3 aromatic rings. The second-order valence-corrected chi connectivity index (χ2v) is 10.0. The zero-order valence-corrected chi connectivity index (χ0v) is 20.2. The van der Waals surface area contributed by atoms with Crippen LogP contribution in [-0.2, 0) is 24.5 Å². The number of ketones is 1. The molecule has 4 aliphatic rings. The fraction of sp³-hybridized carbons (Fsp3) is 0.267. The summed E-state index contributed by atoms with van der Waals surface area (Å²) in [6, 6.07) is 21.7. The molecule has 0 N–H and O–H groups in total. The van der Waals surface area contributed by atoms with Crippen molar-refractivity contribution in [2.45, 2.75) is 38.2 Å². The first kappa shape index (κ1) is 22.4. The lowest BCUT2D eigenvalue weighted by Gasteiger charge is -2.52. The maximum Gasteiger partial charge on any atom is 0.338 e. The van der Waals surface area contributed by atoms with Gasteiger partial charge in [0.15, 0.2) is 0 Å². The van der Waals surface area contributed by atoms with Crippen LogP contribution in [0.3, 0.4) is 0 Å². The summed E-state index contributed by atoms with van der Waals surface area (Å²) in [6.45, 7) is 5.03. The van der Waals surface area contributed by atoms with Gasteiger partial charge < -0.3 is 4.74 Å². The molecule has 6 heteroatoms. The van der Waals surface area contributed by atoms with Gasteiger partial charge in [0, 0.05) is 5.92 Å². The maximum atomic E-state index is 14.2. The molecular weight excluding hydrogens is 454 g/mol. The van der Waals surface area contributed by atoms with Gasteiger partial charge in [-0.2, -0.15) is 0 Å². The van der Waals surface area contributed by atoms with Crippen LogP contribution in [0.2, 0.25) is 0 Å². The summed E-state index contributed by atoms with van der Waals surface area (Å²) >= 11 is 0. The molecule has 3 aliphatic carbocycles. The van der Waals surface area contributed by atoms with Crippen LogP contribution in [0, 0.1) is 11.8 Å². The fourth-order valence-corrected chi connectivity index (χ4v) is 6.68. The number of hydrogen-bond acceptors (Lipinski definition) is 5. The summed E-state index contributed by atoms with van der Waals surface area (Å²) in [4.78, 5) is 55.6. The van der Waals surface area contributed by atoms with Gasteiger partial charge in [-0.05, 0) is 61.2 Å². The summed E-state index contributed by atoms with van der Waals surface area (Å²) in [6.07, 6.45) is -0.304. The second-order valence-electron chi connectivity index (χ2n) is 10.0. The largest absolute Gasteiger partial charge is 0.459 e. The molecule has 3 aromatic carbocycles. The average Bonchev–Trinajstić information content (AvgIpc) is 3.14. The monoisotopic (exact) mass is 479 g/mol. The Bertz CT molecular complexity index is 1420. The lowest BCUT2D eigenvalue weighted by Crippen LogP contribution is -2.57. The van der Waals surface area contributed by atoms with Gasteiger partial charge in [-0.3, -0.25) is 14.4 Å². The van der Waals surface area contributed by atoms with Gasteiger partial charge >= 0.3 is 5.97 Å². The van der Waals surface area contributed by atoms with Crippen LogP contribution >= 0.6 is 0 Å². The molecular formula is C30H25NO5. The summed E-state index contributed by atoms with van der Waals surface area (Å²) < 4.78 is 5.31. The Morgan fingerprint density at radius 3 is 2.06 bits per heavy atom. The zero-order chi connectivity index (χ0) is 25.4. The first-order valence-corrected chi connectivity index (χ1v) is 12.2. The third-order valence-corrected chi connectivity index (χ3v) is 7.86. The predicted octanol–water partition coefficient (Wildman–Crippen LogP) is 4.39. The number of nitrogens with zero attached hydrogens (tertiary/aromatic N) is 1. The van der Waals surface area contributed by atoms with E-state index in [9.17, 15) is 19.2 Å². The molecule has 2 bridgehead atoms. The smallest absolute Gasteiger partial charge is 0.338 e. The molecule has 0 radical (unpaired) electrons. The quantitative estimate of drug-likeness (QED) is 0.410. The number of hydrogen-bond donors (Lipinski definition) is 0. The van der Waals surface area contributed by atoms with E-state index in [2.05, 4.69) is 0 Å². The van der Waals surface area contributed by atoms with Crippen molar-refractivity contribution in [1.82, 2.24) is 0 Å². The number of imide groups is 1. The molecule has 1 saturated heterocycles. The first-order chi connectivity index (χ1) is 17.3. The predicted molar refractivity (Wildman–Crippen MR) is 133 cm³/mol. The van der Waals surface area contributed by atoms with Gasteiger partial charge in [-0.25, -0.2) is 9.69 Å². The normalized spacial score (nSPS) is 25.4. The number of benzene rings is 3. The molecule has 0 spiro atoms. The SMILES string of the molecule is CC(=O)C12c3ccccc3C(c3ccccc31)[C@H]1C(=O)N(c3cccc(C(=O)OC(C)C)c3)C(=O)[C@H]12. The summed E-state index contributed by atoms with van der Waals surface area (Å²) in [5.74, 6) is -3.35. The Morgan fingerprint density at radius 2 is 1.47 bits per heavy atom. The maximum absolute atomic E-state index is 14.2. The number of esters is 1. The average molecular weight is 480 g/mol. The van der Waals surface area contributed by atoms with Crippen molar-refractivity contribution in [1.29, 1.82) is 0 Å². The van der Waals surface area contributed by atoms with Crippen molar-refractivity contribution in [3.8, 4) is 0 Å². The standard InChI is InChI=1S/C30H25NO5/c1-16(2)36-29(35)18-9-8-10-19(15-18)31-27(33)25-24-20-11-4-6-13-22(20)30(17(3)32,26(25)28(31)34)23-14-7-5-12-21(23)24/h4-16,24-26H,1-3H3/t24?,25-,26+,30?/m1/s1. The van der Waals surface area contributed by atoms with E-state index < -0.39 is 29.1 Å². The Morgan fingerprint density at radius 1 is 0.861 bits per heavy atom. The van der Waals surface area contributed by atoms with Crippen LogP contribution in [-0.4, -0.2) is 29.7 Å². The fourth-order valence-electron chi connectivity index (χ4n) is 6.68. The van der Waals surface area contributed by atoms with E-state index in [4.69, 9.17) is 4.74 Å². The van der Waals surface area contributed by atoms with E-state index in [1.807, 2.05) is 48.5 Å².